The van der Waals surface area contributed by atoms with Gasteiger partial charge in [-0.1, -0.05) is 12.1 Å². The van der Waals surface area contributed by atoms with Gasteiger partial charge >= 0.3 is 0 Å². The van der Waals surface area contributed by atoms with Gasteiger partial charge in [0.05, 0.1) is 11.8 Å². The molecule has 0 aliphatic rings. The van der Waals surface area contributed by atoms with Gasteiger partial charge in [-0.05, 0) is 37.6 Å². The molecule has 4 heteroatoms. The number of nitrogens with zero attached hydrogens (tertiary/aromatic N) is 2. The zero-order chi connectivity index (χ0) is 13.1. The highest BCUT2D eigenvalue weighted by Crippen LogP contribution is 2.19. The first-order chi connectivity index (χ1) is 8.60. The third kappa shape index (κ3) is 2.76. The second-order valence-corrected chi connectivity index (χ2v) is 4.36. The smallest absolute Gasteiger partial charge is 0.123 e. The summed E-state index contributed by atoms with van der Waals surface area (Å²) in [6, 6.07) is 7.91. The molecule has 1 unspecified atom stereocenters. The van der Waals surface area contributed by atoms with Gasteiger partial charge in [0.15, 0.2) is 0 Å². The number of halogens is 1. The molecule has 0 bridgehead atoms. The van der Waals surface area contributed by atoms with Crippen LogP contribution in [0.3, 0.4) is 0 Å². The summed E-state index contributed by atoms with van der Waals surface area (Å²) in [4.78, 5) is 0. The Balaban J connectivity index is 2.15. The second-order valence-electron chi connectivity index (χ2n) is 4.36. The van der Waals surface area contributed by atoms with E-state index in [1.165, 1.54) is 12.1 Å². The zero-order valence-corrected chi connectivity index (χ0v) is 10.6. The molecule has 0 aliphatic carbocycles. The molecule has 0 saturated heterocycles. The lowest BCUT2D eigenvalue weighted by Crippen LogP contribution is -2.08. The minimum atomic E-state index is -0.632. The molecule has 3 nitrogen and oxygen atoms in total. The fraction of sp³-hybridized carbons (Fsp3) is 0.357. The van der Waals surface area contributed by atoms with E-state index in [2.05, 4.69) is 5.10 Å². The van der Waals surface area contributed by atoms with Crippen molar-refractivity contribution >= 4 is 0 Å². The van der Waals surface area contributed by atoms with Crippen LogP contribution in [0.1, 0.15) is 30.0 Å². The minimum Gasteiger partial charge on any atom is -0.388 e. The molecule has 0 aliphatic heterocycles. The molecule has 1 aromatic heterocycles. The number of rotatable bonds is 4. The number of hydrogen-bond donors (Lipinski definition) is 1. The van der Waals surface area contributed by atoms with Crippen LogP contribution in [-0.4, -0.2) is 14.9 Å². The maximum Gasteiger partial charge on any atom is 0.123 e. The lowest BCUT2D eigenvalue weighted by atomic mass is 10.0. The average molecular weight is 248 g/mol. The van der Waals surface area contributed by atoms with E-state index in [4.69, 9.17) is 0 Å². The van der Waals surface area contributed by atoms with Crippen LogP contribution in [0, 0.1) is 12.7 Å². The normalized spacial score (nSPS) is 12.7. The first-order valence-electron chi connectivity index (χ1n) is 6.07. The Morgan fingerprint density at radius 2 is 2.00 bits per heavy atom. The molecule has 1 aromatic carbocycles. The third-order valence-corrected chi connectivity index (χ3v) is 2.94. The fourth-order valence-electron chi connectivity index (χ4n) is 2.04. The number of aliphatic hydroxyl groups excluding tert-OH is 1. The Morgan fingerprint density at radius 3 is 2.61 bits per heavy atom. The van der Waals surface area contributed by atoms with Crippen LogP contribution in [0.5, 0.6) is 0 Å². The van der Waals surface area contributed by atoms with Crippen molar-refractivity contribution in [2.75, 3.05) is 0 Å². The molecule has 0 fully saturated rings. The Hall–Kier alpha value is -1.68. The maximum absolute atomic E-state index is 12.8. The van der Waals surface area contributed by atoms with Gasteiger partial charge in [-0.15, -0.1) is 0 Å². The van der Waals surface area contributed by atoms with E-state index in [0.29, 0.717) is 6.42 Å². The largest absolute Gasteiger partial charge is 0.388 e. The number of aromatic nitrogens is 2. The van der Waals surface area contributed by atoms with Gasteiger partial charge < -0.3 is 5.11 Å². The lowest BCUT2D eigenvalue weighted by Gasteiger charge is -2.11. The minimum absolute atomic E-state index is 0.291. The zero-order valence-electron chi connectivity index (χ0n) is 10.6. The highest BCUT2D eigenvalue weighted by molar-refractivity contribution is 5.21. The summed E-state index contributed by atoms with van der Waals surface area (Å²) in [7, 11) is 0. The summed E-state index contributed by atoms with van der Waals surface area (Å²) in [5.41, 5.74) is 2.66. The molecule has 0 spiro atoms. The first-order valence-corrected chi connectivity index (χ1v) is 6.07. The van der Waals surface area contributed by atoms with E-state index in [0.717, 1.165) is 23.5 Å². The molecule has 0 amide bonds. The molecule has 1 N–H and O–H groups in total. The molecule has 1 atom stereocenters. The Kier molecular flexibility index (Phi) is 3.77. The quantitative estimate of drug-likeness (QED) is 0.903. The molecular formula is C14H17FN2O. The Labute approximate surface area is 106 Å². The van der Waals surface area contributed by atoms with Crippen molar-refractivity contribution in [3.8, 4) is 0 Å². The molecular weight excluding hydrogens is 231 g/mol. The highest BCUT2D eigenvalue weighted by atomic mass is 19.1. The number of benzene rings is 1. The van der Waals surface area contributed by atoms with E-state index in [1.807, 2.05) is 24.6 Å². The van der Waals surface area contributed by atoms with Crippen molar-refractivity contribution in [3.63, 3.8) is 0 Å². The summed E-state index contributed by atoms with van der Waals surface area (Å²) in [6.45, 7) is 4.72. The van der Waals surface area contributed by atoms with Crippen LogP contribution in [0.25, 0.3) is 0 Å². The van der Waals surface area contributed by atoms with E-state index in [-0.39, 0.29) is 5.82 Å². The van der Waals surface area contributed by atoms with Crippen molar-refractivity contribution in [2.24, 2.45) is 0 Å². The van der Waals surface area contributed by atoms with Gasteiger partial charge in [0.1, 0.15) is 5.82 Å². The van der Waals surface area contributed by atoms with Crippen molar-refractivity contribution in [1.82, 2.24) is 9.78 Å². The van der Waals surface area contributed by atoms with E-state index >= 15 is 0 Å². The summed E-state index contributed by atoms with van der Waals surface area (Å²) in [5, 5.41) is 14.5. The van der Waals surface area contributed by atoms with Crippen LogP contribution in [0.4, 0.5) is 4.39 Å². The highest BCUT2D eigenvalue weighted by Gasteiger charge is 2.12. The van der Waals surface area contributed by atoms with Crippen LogP contribution in [0.2, 0.25) is 0 Å². The summed E-state index contributed by atoms with van der Waals surface area (Å²) >= 11 is 0. The van der Waals surface area contributed by atoms with Crippen molar-refractivity contribution in [3.05, 3.63) is 53.1 Å². The number of aryl methyl sites for hydroxylation is 2. The Morgan fingerprint density at radius 1 is 1.33 bits per heavy atom. The standard InChI is InChI=1S/C14H17FN2O/c1-3-17-13(8-10(2)16-17)9-14(18)11-4-6-12(15)7-5-11/h4-8,14,18H,3,9H2,1-2H3. The van der Waals surface area contributed by atoms with Crippen LogP contribution in [-0.2, 0) is 13.0 Å². The molecule has 2 rings (SSSR count). The van der Waals surface area contributed by atoms with Crippen molar-refractivity contribution in [1.29, 1.82) is 0 Å². The van der Waals surface area contributed by atoms with E-state index in [9.17, 15) is 9.50 Å². The molecule has 96 valence electrons. The van der Waals surface area contributed by atoms with Gasteiger partial charge in [0.25, 0.3) is 0 Å². The van der Waals surface area contributed by atoms with Crippen LogP contribution in [0.15, 0.2) is 30.3 Å². The van der Waals surface area contributed by atoms with E-state index in [1.54, 1.807) is 12.1 Å². The second kappa shape index (κ2) is 5.31. The van der Waals surface area contributed by atoms with Gasteiger partial charge in [-0.3, -0.25) is 4.68 Å². The predicted octanol–water partition coefficient (Wildman–Crippen LogP) is 2.63. The number of hydrogen-bond acceptors (Lipinski definition) is 2. The molecule has 2 aromatic rings. The van der Waals surface area contributed by atoms with Crippen molar-refractivity contribution in [2.45, 2.75) is 32.9 Å². The SMILES string of the molecule is CCn1nc(C)cc1CC(O)c1ccc(F)cc1. The Bertz CT molecular complexity index is 519. The number of aliphatic hydroxyl groups is 1. The van der Waals surface area contributed by atoms with Crippen LogP contribution < -0.4 is 0 Å². The summed E-state index contributed by atoms with van der Waals surface area (Å²) < 4.78 is 14.7. The van der Waals surface area contributed by atoms with Crippen molar-refractivity contribution < 1.29 is 9.50 Å². The lowest BCUT2D eigenvalue weighted by molar-refractivity contribution is 0.175. The predicted molar refractivity (Wildman–Crippen MR) is 67.7 cm³/mol. The molecule has 18 heavy (non-hydrogen) atoms. The molecule has 0 saturated carbocycles. The van der Waals surface area contributed by atoms with Gasteiger partial charge in [0, 0.05) is 18.7 Å². The molecule has 1 heterocycles. The topological polar surface area (TPSA) is 38.0 Å². The average Bonchev–Trinajstić information content (AvgIpc) is 2.70. The van der Waals surface area contributed by atoms with Crippen LogP contribution >= 0.6 is 0 Å². The van der Waals surface area contributed by atoms with Gasteiger partial charge in [-0.2, -0.15) is 5.10 Å². The first kappa shape index (κ1) is 12.8. The third-order valence-electron chi connectivity index (χ3n) is 2.94. The summed E-state index contributed by atoms with van der Waals surface area (Å²) in [5.74, 6) is -0.291. The summed E-state index contributed by atoms with van der Waals surface area (Å²) in [6.07, 6.45) is -0.146. The maximum atomic E-state index is 12.8. The fourth-order valence-corrected chi connectivity index (χ4v) is 2.04. The van der Waals surface area contributed by atoms with Gasteiger partial charge in [0.2, 0.25) is 0 Å². The van der Waals surface area contributed by atoms with Gasteiger partial charge in [-0.25, -0.2) is 4.39 Å². The monoisotopic (exact) mass is 248 g/mol. The van der Waals surface area contributed by atoms with E-state index < -0.39 is 6.10 Å². The molecule has 0 radical (unpaired) electrons.